The highest BCUT2D eigenvalue weighted by molar-refractivity contribution is 6.15. The van der Waals surface area contributed by atoms with Crippen LogP contribution in [0, 0.1) is 45.3 Å². The third-order valence-corrected chi connectivity index (χ3v) is 26.1. The Morgan fingerprint density at radius 1 is 0.189 bits per heavy atom. The van der Waals surface area contributed by atoms with Crippen LogP contribution in [0.3, 0.4) is 0 Å². The van der Waals surface area contributed by atoms with Crippen molar-refractivity contribution in [2.45, 2.75) is 37.1 Å². The van der Waals surface area contributed by atoms with Gasteiger partial charge in [-0.2, -0.15) is 100 Å². The summed E-state index contributed by atoms with van der Waals surface area (Å²) in [5.74, 6) is 0.447. The minimum Gasteiger partial charge on any atom is -0.308 e. The Bertz CT molecular complexity index is 8920. The summed E-state index contributed by atoms with van der Waals surface area (Å²) in [5, 5.41) is 48.9. The van der Waals surface area contributed by atoms with Gasteiger partial charge in [-0.05, 0) is 161 Å². The Kier molecular flexibility index (Phi) is 23.8. The largest absolute Gasteiger partial charge is 0.417 e. The number of nitrogens with zero attached hydrogens (tertiary/aromatic N) is 10. The molecule has 0 spiro atoms. The second kappa shape index (κ2) is 36.9. The Labute approximate surface area is 829 Å². The van der Waals surface area contributed by atoms with Crippen molar-refractivity contribution in [2.24, 2.45) is 0 Å². The first-order chi connectivity index (χ1) is 71.0. The summed E-state index contributed by atoms with van der Waals surface area (Å²) in [6.07, 6.45) is -32.1. The first-order valence-corrected chi connectivity index (χ1v) is 45.4. The molecule has 0 unspecified atom stereocenters. The van der Waals surface area contributed by atoms with Gasteiger partial charge in [0.1, 0.15) is 12.1 Å². The summed E-state index contributed by atoms with van der Waals surface area (Å²) >= 11 is 0. The van der Waals surface area contributed by atoms with Crippen LogP contribution in [-0.4, -0.2) is 29.1 Å². The molecule has 4 aromatic heterocycles. The Balaban J connectivity index is 0.885. The molecule has 0 bridgehead atoms. The first-order valence-electron chi connectivity index (χ1n) is 45.4. The fourth-order valence-corrected chi connectivity index (χ4v) is 19.5. The maximum atomic E-state index is 15.7. The summed E-state index contributed by atoms with van der Waals surface area (Å²) in [6, 6.07) is 100. The molecule has 0 aliphatic heterocycles. The number of fused-ring (bicyclic) bond motifs is 6. The van der Waals surface area contributed by atoms with E-state index in [4.69, 9.17) is 19.9 Å². The highest BCUT2D eigenvalue weighted by atomic mass is 19.4. The van der Waals surface area contributed by atoms with Crippen molar-refractivity contribution in [3.8, 4) is 192 Å². The second-order valence-corrected chi connectivity index (χ2v) is 34.9. The SMILES string of the molecule is N#Cc1ccccc1-c1cc(-c2cc(-c3ccccc3)nc(-c3ccccc3)n2)cc(-c2cccc(-c3cccc(-c4cc(-c5cc(-c6ccccc6)nc(-c6ccccc6)n5)cc(-c5ccccc5C#N)c4-n4c5ccc(-c6ccc(C(F)(F)F)cc6C(F)(F)F)cc5c5cc(-c6ccc(C(F)(F)F)cc6C(F)(F)F)ccc54)c3C#N)c2C#N)c1-n1c2ccccc2c2cc(-c3ccc(C(F)(F)F)cc3C(F)(F)F)ccc21. The van der Waals surface area contributed by atoms with Gasteiger partial charge in [-0.15, -0.1) is 0 Å². The Morgan fingerprint density at radius 2 is 0.459 bits per heavy atom. The van der Waals surface area contributed by atoms with Crippen LogP contribution >= 0.6 is 0 Å². The van der Waals surface area contributed by atoms with Crippen LogP contribution < -0.4 is 0 Å². The molecule has 148 heavy (non-hydrogen) atoms. The average molecular weight is 1990 g/mol. The lowest BCUT2D eigenvalue weighted by Crippen LogP contribution is -2.12. The molecule has 21 aromatic rings. The smallest absolute Gasteiger partial charge is 0.308 e. The molecular formula is C120H62F18N10. The standard InChI is InChI=1S/C120H62F18N10/c121-115(122,123)78-42-45-83(100(58-78)118(130,131)132)71-39-48-108-91(51-71)90-33-17-18-38-107(90)147(108)111-94(81-31-15-13-29-74(81)63-139)54-76(105-61-103(67-21-5-1-6-22-67)143-113(145-105)69-25-9-3-10-26-69)56-96(111)88-36-19-34-86(98(88)65-141)87-35-20-37-89(99(87)66-142)97-57-77(106-62-104(68-23-7-2-8-24-68)144-114(146-106)70-27-11-4-12-28-70)55-95(82-32-16-14-30-75(82)64-140)112(97)148-109-49-40-72(84-46-43-79(116(124,125)126)59-101(84)119(133,134)135)52-92(109)93-53-73(41-50-110(93)148)85-47-44-80(117(127,128)129)60-102(85)120(136,137)138/h1-62H. The molecule has 0 N–H and O–H groups in total. The first kappa shape index (κ1) is 95.4. The third kappa shape index (κ3) is 17.5. The third-order valence-electron chi connectivity index (χ3n) is 26.1. The van der Waals surface area contributed by atoms with Gasteiger partial charge in [0.05, 0.1) is 124 Å². The van der Waals surface area contributed by atoms with Crippen molar-refractivity contribution in [1.29, 1.82) is 21.0 Å². The van der Waals surface area contributed by atoms with E-state index in [1.807, 2.05) is 60.7 Å². The van der Waals surface area contributed by atoms with E-state index in [-0.39, 0.29) is 174 Å². The van der Waals surface area contributed by atoms with E-state index >= 15 is 39.5 Å². The predicted octanol–water partition coefficient (Wildman–Crippen LogP) is 34.4. The minimum atomic E-state index is -5.49. The van der Waals surface area contributed by atoms with E-state index in [2.05, 4.69) is 24.3 Å². The predicted molar refractivity (Wildman–Crippen MR) is 531 cm³/mol. The number of hydrogen-bond acceptors (Lipinski definition) is 8. The molecule has 0 fully saturated rings. The van der Waals surface area contributed by atoms with E-state index in [0.29, 0.717) is 80.4 Å². The van der Waals surface area contributed by atoms with Crippen LogP contribution in [0.1, 0.15) is 55.6 Å². The molecule has 17 aromatic carbocycles. The van der Waals surface area contributed by atoms with Gasteiger partial charge in [-0.3, -0.25) is 0 Å². The zero-order valence-electron chi connectivity index (χ0n) is 76.1. The highest BCUT2D eigenvalue weighted by Crippen LogP contribution is 2.55. The molecule has 10 nitrogen and oxygen atoms in total. The van der Waals surface area contributed by atoms with E-state index in [9.17, 15) is 60.6 Å². The molecule has 4 heterocycles. The summed E-state index contributed by atoms with van der Waals surface area (Å²) in [6.45, 7) is 0. The lowest BCUT2D eigenvalue weighted by atomic mass is 9.84. The fraction of sp³-hybridized carbons (Fsp3) is 0.0500. The number of para-hydroxylation sites is 1. The number of hydrogen-bond donors (Lipinski definition) is 0. The normalized spacial score (nSPS) is 12.1. The lowest BCUT2D eigenvalue weighted by molar-refractivity contribution is -0.144. The second-order valence-electron chi connectivity index (χ2n) is 34.9. The van der Waals surface area contributed by atoms with Crippen molar-refractivity contribution < 1.29 is 79.0 Å². The number of halogens is 18. The van der Waals surface area contributed by atoms with E-state index in [0.717, 1.165) is 6.07 Å². The van der Waals surface area contributed by atoms with Crippen LogP contribution in [0.5, 0.6) is 0 Å². The number of alkyl halides is 18. The van der Waals surface area contributed by atoms with Crippen LogP contribution in [-0.2, 0) is 37.1 Å². The zero-order valence-corrected chi connectivity index (χ0v) is 76.1. The van der Waals surface area contributed by atoms with Crippen molar-refractivity contribution in [3.63, 3.8) is 0 Å². The molecule has 0 atom stereocenters. The van der Waals surface area contributed by atoms with Gasteiger partial charge in [0.25, 0.3) is 0 Å². The zero-order chi connectivity index (χ0) is 103. The van der Waals surface area contributed by atoms with Gasteiger partial charge < -0.3 is 9.13 Å². The van der Waals surface area contributed by atoms with Gasteiger partial charge in [-0.25, -0.2) is 19.9 Å². The average Bonchev–Trinajstić information content (AvgIpc) is 1.54. The summed E-state index contributed by atoms with van der Waals surface area (Å²) in [7, 11) is 0. The molecule has 718 valence electrons. The molecule has 0 aliphatic carbocycles. The van der Waals surface area contributed by atoms with Crippen molar-refractivity contribution >= 4 is 43.6 Å². The summed E-state index contributed by atoms with van der Waals surface area (Å²) < 4.78 is 274. The summed E-state index contributed by atoms with van der Waals surface area (Å²) in [5.41, 5.74) is -7.12. The molecule has 0 saturated heterocycles. The van der Waals surface area contributed by atoms with Crippen molar-refractivity contribution in [3.05, 3.63) is 432 Å². The number of rotatable bonds is 16. The fourth-order valence-electron chi connectivity index (χ4n) is 19.5. The molecule has 0 amide bonds. The quantitative estimate of drug-likeness (QED) is 0.0866. The van der Waals surface area contributed by atoms with E-state index < -0.39 is 98.3 Å². The minimum absolute atomic E-state index is 0.00146. The molecule has 0 saturated carbocycles. The monoisotopic (exact) mass is 1980 g/mol. The van der Waals surface area contributed by atoms with Crippen LogP contribution in [0.2, 0.25) is 0 Å². The molecule has 28 heteroatoms. The molecule has 21 rings (SSSR count). The Morgan fingerprint density at radius 3 is 0.777 bits per heavy atom. The van der Waals surface area contributed by atoms with Gasteiger partial charge in [0.15, 0.2) is 11.6 Å². The number of aromatic nitrogens is 6. The van der Waals surface area contributed by atoms with E-state index in [1.54, 1.807) is 209 Å². The maximum absolute atomic E-state index is 15.7. The summed E-state index contributed by atoms with van der Waals surface area (Å²) in [4.78, 5) is 20.7. The van der Waals surface area contributed by atoms with E-state index in [1.165, 1.54) is 60.7 Å². The van der Waals surface area contributed by atoms with Crippen molar-refractivity contribution in [2.75, 3.05) is 0 Å². The maximum Gasteiger partial charge on any atom is 0.417 e. The molecular weight excluding hydrogens is 1920 g/mol. The number of nitriles is 4. The van der Waals surface area contributed by atoms with Crippen LogP contribution in [0.15, 0.2) is 376 Å². The van der Waals surface area contributed by atoms with Crippen LogP contribution in [0.4, 0.5) is 79.0 Å². The highest BCUT2D eigenvalue weighted by Gasteiger charge is 2.43. The van der Waals surface area contributed by atoms with Gasteiger partial charge >= 0.3 is 37.1 Å². The number of benzene rings is 17. The van der Waals surface area contributed by atoms with Crippen molar-refractivity contribution in [1.82, 2.24) is 29.1 Å². The van der Waals surface area contributed by atoms with Gasteiger partial charge in [0.2, 0.25) is 0 Å². The van der Waals surface area contributed by atoms with Crippen LogP contribution in [0.25, 0.3) is 212 Å². The molecule has 0 aliphatic rings. The van der Waals surface area contributed by atoms with Gasteiger partial charge in [-0.1, -0.05) is 249 Å². The molecule has 0 radical (unpaired) electrons. The van der Waals surface area contributed by atoms with Gasteiger partial charge in [0, 0.05) is 111 Å². The lowest BCUT2D eigenvalue weighted by Gasteiger charge is -2.24. The Hall–Kier alpha value is -18.8. The topological polar surface area (TPSA) is 157 Å².